The third-order valence-electron chi connectivity index (χ3n) is 5.60. The molecule has 11 heteroatoms. The van der Waals surface area contributed by atoms with E-state index >= 15 is 0 Å². The number of hydrogen-bond acceptors (Lipinski definition) is 7. The van der Waals surface area contributed by atoms with Crippen molar-refractivity contribution in [3.63, 3.8) is 0 Å². The zero-order valence-corrected chi connectivity index (χ0v) is 21.5. The van der Waals surface area contributed by atoms with Gasteiger partial charge in [-0.15, -0.1) is 22.7 Å². The van der Waals surface area contributed by atoms with E-state index in [-0.39, 0.29) is 22.8 Å². The molecule has 0 bridgehead atoms. The van der Waals surface area contributed by atoms with E-state index in [9.17, 15) is 18.4 Å². The van der Waals surface area contributed by atoms with Gasteiger partial charge >= 0.3 is 6.61 Å². The van der Waals surface area contributed by atoms with Crippen molar-refractivity contribution in [2.75, 3.05) is 5.75 Å². The van der Waals surface area contributed by atoms with E-state index in [4.69, 9.17) is 0 Å². The number of fused-ring (bicyclic) bond motifs is 1. The summed E-state index contributed by atoms with van der Waals surface area (Å²) in [5.74, 6) is 0.0594. The molecule has 0 aliphatic rings. The van der Waals surface area contributed by atoms with Crippen LogP contribution in [0.4, 0.5) is 8.78 Å². The van der Waals surface area contributed by atoms with Crippen molar-refractivity contribution in [1.29, 1.82) is 0 Å². The van der Waals surface area contributed by atoms with Crippen LogP contribution in [0.1, 0.15) is 21.7 Å². The molecular weight excluding hydrogens is 524 g/mol. The Kier molecular flexibility index (Phi) is 6.78. The van der Waals surface area contributed by atoms with E-state index in [1.807, 2.05) is 41.3 Å². The van der Waals surface area contributed by atoms with Gasteiger partial charge in [0.2, 0.25) is 0 Å². The van der Waals surface area contributed by atoms with Gasteiger partial charge in [-0.05, 0) is 55.6 Å². The molecule has 6 nitrogen and oxygen atoms in total. The number of carbonyl (C=O) groups excluding carboxylic acids is 1. The van der Waals surface area contributed by atoms with Crippen molar-refractivity contribution >= 4 is 50.4 Å². The Bertz CT molecular complexity index is 1600. The number of alkyl halides is 2. The number of hydrogen-bond donors (Lipinski definition) is 1. The standard InChI is InChI=1S/C25H19F2N3O3S3/c1-13-10-17(14(2)30(13)15-5-7-16(8-6-15)33-24(26)27)19(31)12-36-25-28-22(32)21-18(11-35-23(21)29-25)20-4-3-9-34-20/h3-11,24H,12H2,1-2H3,(H,28,29,32). The zero-order chi connectivity index (χ0) is 25.4. The van der Waals surface area contributed by atoms with Gasteiger partial charge in [-0.3, -0.25) is 9.59 Å². The van der Waals surface area contributed by atoms with Crippen LogP contribution in [-0.4, -0.2) is 32.7 Å². The third kappa shape index (κ3) is 4.73. The summed E-state index contributed by atoms with van der Waals surface area (Å²) < 4.78 is 31.1. The normalized spacial score (nSPS) is 11.5. The molecule has 0 atom stereocenters. The Morgan fingerprint density at radius 1 is 1.19 bits per heavy atom. The first-order chi connectivity index (χ1) is 17.3. The minimum atomic E-state index is -2.89. The van der Waals surface area contributed by atoms with E-state index in [1.54, 1.807) is 29.5 Å². The first-order valence-corrected chi connectivity index (χ1v) is 13.5. The number of H-pyrrole nitrogens is 1. The topological polar surface area (TPSA) is 77.0 Å². The molecule has 0 fully saturated rings. The molecular formula is C25H19F2N3O3S3. The van der Waals surface area contributed by atoms with Gasteiger partial charge in [-0.25, -0.2) is 4.98 Å². The minimum absolute atomic E-state index is 0.0654. The average Bonchev–Trinajstić information content (AvgIpc) is 3.57. The number of aryl methyl sites for hydroxylation is 1. The lowest BCUT2D eigenvalue weighted by Gasteiger charge is -2.11. The molecule has 0 unspecified atom stereocenters. The van der Waals surface area contributed by atoms with Gasteiger partial charge in [-0.1, -0.05) is 17.8 Å². The molecule has 0 radical (unpaired) electrons. The molecule has 36 heavy (non-hydrogen) atoms. The second-order valence-corrected chi connectivity index (χ2v) is 10.7. The van der Waals surface area contributed by atoms with Gasteiger partial charge in [0.15, 0.2) is 10.9 Å². The number of ketones is 1. The van der Waals surface area contributed by atoms with E-state index in [0.717, 1.165) is 27.5 Å². The highest BCUT2D eigenvalue weighted by atomic mass is 32.2. The van der Waals surface area contributed by atoms with Crippen LogP contribution in [0.5, 0.6) is 5.75 Å². The van der Waals surface area contributed by atoms with Gasteiger partial charge < -0.3 is 14.3 Å². The number of benzene rings is 1. The van der Waals surface area contributed by atoms with Crippen molar-refractivity contribution in [2.24, 2.45) is 0 Å². The number of rotatable bonds is 8. The lowest BCUT2D eigenvalue weighted by molar-refractivity contribution is -0.0498. The molecule has 4 heterocycles. The van der Waals surface area contributed by atoms with Crippen molar-refractivity contribution in [3.8, 4) is 21.9 Å². The van der Waals surface area contributed by atoms with Crippen LogP contribution in [0.3, 0.4) is 0 Å². The monoisotopic (exact) mass is 543 g/mol. The summed E-state index contributed by atoms with van der Waals surface area (Å²) in [6.45, 7) is 0.814. The van der Waals surface area contributed by atoms with Crippen molar-refractivity contribution in [3.05, 3.63) is 80.5 Å². The number of halogens is 2. The summed E-state index contributed by atoms with van der Waals surface area (Å²) in [4.78, 5) is 34.9. The van der Waals surface area contributed by atoms with Crippen LogP contribution in [0.25, 0.3) is 26.3 Å². The van der Waals surface area contributed by atoms with Crippen LogP contribution >= 0.6 is 34.4 Å². The minimum Gasteiger partial charge on any atom is -0.435 e. The molecule has 5 rings (SSSR count). The van der Waals surface area contributed by atoms with Crippen molar-refractivity contribution in [1.82, 2.24) is 14.5 Å². The lowest BCUT2D eigenvalue weighted by Crippen LogP contribution is -2.10. The Balaban J connectivity index is 1.34. The van der Waals surface area contributed by atoms with E-state index < -0.39 is 6.61 Å². The number of carbonyl (C=O) groups is 1. The zero-order valence-electron chi connectivity index (χ0n) is 19.1. The summed E-state index contributed by atoms with van der Waals surface area (Å²) in [5, 5.41) is 4.85. The molecule has 184 valence electrons. The average molecular weight is 544 g/mol. The van der Waals surface area contributed by atoms with E-state index in [0.29, 0.717) is 20.9 Å². The maximum Gasteiger partial charge on any atom is 0.387 e. The number of ether oxygens (including phenoxy) is 1. The van der Waals surface area contributed by atoms with Crippen molar-refractivity contribution in [2.45, 2.75) is 25.6 Å². The molecule has 0 aliphatic heterocycles. The highest BCUT2D eigenvalue weighted by Crippen LogP contribution is 2.34. The molecule has 1 aromatic carbocycles. The number of thioether (sulfide) groups is 1. The second-order valence-electron chi connectivity index (χ2n) is 7.88. The SMILES string of the molecule is Cc1cc(C(=O)CSc2nc3scc(-c4cccs4)c3c(=O)[nH]2)c(C)n1-c1ccc(OC(F)F)cc1. The van der Waals surface area contributed by atoms with Crippen LogP contribution in [0, 0.1) is 13.8 Å². The first-order valence-electron chi connectivity index (χ1n) is 10.8. The molecule has 0 amide bonds. The van der Waals surface area contributed by atoms with Crippen LogP contribution in [0.2, 0.25) is 0 Å². The highest BCUT2D eigenvalue weighted by molar-refractivity contribution is 7.99. The van der Waals surface area contributed by atoms with E-state index in [2.05, 4.69) is 14.7 Å². The van der Waals surface area contributed by atoms with Gasteiger partial charge in [0.25, 0.3) is 5.56 Å². The summed E-state index contributed by atoms with van der Waals surface area (Å²) in [5.41, 5.74) is 3.48. The summed E-state index contributed by atoms with van der Waals surface area (Å²) in [6, 6.07) is 12.0. The number of nitrogens with zero attached hydrogens (tertiary/aromatic N) is 2. The van der Waals surface area contributed by atoms with Crippen LogP contribution in [0.15, 0.2) is 63.2 Å². The predicted molar refractivity (Wildman–Crippen MR) is 140 cm³/mol. The first kappa shape index (κ1) is 24.4. The Morgan fingerprint density at radius 2 is 1.97 bits per heavy atom. The molecule has 4 aromatic heterocycles. The third-order valence-corrected chi connectivity index (χ3v) is 8.25. The second kappa shape index (κ2) is 10.00. The quantitative estimate of drug-likeness (QED) is 0.134. The summed E-state index contributed by atoms with van der Waals surface area (Å²) in [6.07, 6.45) is 0. The Hall–Kier alpha value is -3.28. The number of aromatic nitrogens is 3. The largest absolute Gasteiger partial charge is 0.435 e. The smallest absolute Gasteiger partial charge is 0.387 e. The van der Waals surface area contributed by atoms with Gasteiger partial charge in [0.1, 0.15) is 10.6 Å². The summed E-state index contributed by atoms with van der Waals surface area (Å²) >= 11 is 4.15. The molecule has 0 spiro atoms. The molecule has 0 saturated heterocycles. The maximum absolute atomic E-state index is 13.1. The van der Waals surface area contributed by atoms with Gasteiger partial charge in [0.05, 0.1) is 11.1 Å². The number of Topliss-reactive ketones (excluding diaryl/α,β-unsaturated/α-hetero) is 1. The molecule has 1 N–H and O–H groups in total. The Morgan fingerprint density at radius 3 is 2.67 bits per heavy atom. The number of aromatic amines is 1. The Labute approximate surface area is 216 Å². The van der Waals surface area contributed by atoms with Gasteiger partial charge in [0, 0.05) is 38.5 Å². The van der Waals surface area contributed by atoms with Gasteiger partial charge in [-0.2, -0.15) is 8.78 Å². The molecule has 5 aromatic rings. The maximum atomic E-state index is 13.1. The van der Waals surface area contributed by atoms with Crippen LogP contribution < -0.4 is 10.3 Å². The van der Waals surface area contributed by atoms with Crippen LogP contribution in [-0.2, 0) is 0 Å². The number of thiophene rings is 2. The molecule has 0 aliphatic carbocycles. The summed E-state index contributed by atoms with van der Waals surface area (Å²) in [7, 11) is 0. The fraction of sp³-hybridized carbons (Fsp3) is 0.160. The highest BCUT2D eigenvalue weighted by Gasteiger charge is 2.19. The predicted octanol–water partition coefficient (Wildman–Crippen LogP) is 6.70. The fourth-order valence-corrected chi connectivity index (χ4v) is 6.61. The number of nitrogens with one attached hydrogen (secondary N) is 1. The molecule has 0 saturated carbocycles. The fourth-order valence-electron chi connectivity index (χ4n) is 4.04. The van der Waals surface area contributed by atoms with E-state index in [1.165, 1.54) is 35.2 Å². The lowest BCUT2D eigenvalue weighted by atomic mass is 10.2. The van der Waals surface area contributed by atoms with Crippen molar-refractivity contribution < 1.29 is 18.3 Å².